The van der Waals surface area contributed by atoms with E-state index < -0.39 is 0 Å². The lowest BCUT2D eigenvalue weighted by molar-refractivity contribution is 0.198. The summed E-state index contributed by atoms with van der Waals surface area (Å²) in [4.78, 5) is 0. The molecule has 0 fully saturated rings. The highest BCUT2D eigenvalue weighted by molar-refractivity contribution is 5.34. The Bertz CT molecular complexity index is 381. The molecular weight excluding hydrogens is 257 g/mol. The minimum atomic E-state index is -0.290. The maximum absolute atomic E-state index is 13.9. The lowest BCUT2D eigenvalue weighted by Crippen LogP contribution is -2.20. The first-order valence-corrected chi connectivity index (χ1v) is 7.32. The third-order valence-corrected chi connectivity index (χ3v) is 3.47. The molecule has 0 amide bonds. The molecule has 4 heteroatoms. The summed E-state index contributed by atoms with van der Waals surface area (Å²) >= 11 is 0. The van der Waals surface area contributed by atoms with Crippen LogP contribution in [0.3, 0.4) is 0 Å². The van der Waals surface area contributed by atoms with Crippen molar-refractivity contribution in [1.29, 1.82) is 0 Å². The molecule has 1 rings (SSSR count). The zero-order valence-electron chi connectivity index (χ0n) is 12.7. The molecule has 3 nitrogen and oxygen atoms in total. The van der Waals surface area contributed by atoms with Crippen molar-refractivity contribution in [3.63, 3.8) is 0 Å². The Hall–Kier alpha value is -1.13. The fourth-order valence-corrected chi connectivity index (χ4v) is 1.98. The predicted molar refractivity (Wildman–Crippen MR) is 79.5 cm³/mol. The lowest BCUT2D eigenvalue weighted by atomic mass is 10.1. The fraction of sp³-hybridized carbons (Fsp3) is 0.625. The zero-order valence-corrected chi connectivity index (χ0v) is 12.7. The highest BCUT2D eigenvalue weighted by Gasteiger charge is 2.12. The number of halogens is 1. The van der Waals surface area contributed by atoms with Crippen molar-refractivity contribution in [3.8, 4) is 5.75 Å². The summed E-state index contributed by atoms with van der Waals surface area (Å²) in [5, 5.41) is 3.21. The molecule has 0 aliphatic rings. The van der Waals surface area contributed by atoms with Gasteiger partial charge in [-0.25, -0.2) is 4.39 Å². The van der Waals surface area contributed by atoms with Gasteiger partial charge in [-0.3, -0.25) is 0 Å². The Morgan fingerprint density at radius 3 is 2.65 bits per heavy atom. The molecule has 0 heterocycles. The molecule has 0 aliphatic carbocycles. The van der Waals surface area contributed by atoms with Gasteiger partial charge in [0, 0.05) is 25.8 Å². The number of rotatable bonds is 10. The molecule has 0 saturated heterocycles. The molecule has 0 unspecified atom stereocenters. The molecule has 1 N–H and O–H groups in total. The van der Waals surface area contributed by atoms with Gasteiger partial charge in [0.15, 0.2) is 11.6 Å². The first kappa shape index (κ1) is 16.9. The van der Waals surface area contributed by atoms with E-state index >= 15 is 0 Å². The summed E-state index contributed by atoms with van der Waals surface area (Å²) in [5.41, 5.74) is 0.854. The van der Waals surface area contributed by atoms with Gasteiger partial charge >= 0.3 is 0 Å². The second-order valence-electron chi connectivity index (χ2n) is 4.89. The van der Waals surface area contributed by atoms with Crippen LogP contribution < -0.4 is 10.1 Å². The molecule has 0 bridgehead atoms. The standard InChI is InChI=1S/C16H26FNO2/c1-4-13(5-2)12-20-16-14(7-6-8-15(16)17)11-18-9-10-19-3/h6-8,13,18H,4-5,9-12H2,1-3H3. The van der Waals surface area contributed by atoms with Crippen LogP contribution in [0.25, 0.3) is 0 Å². The minimum Gasteiger partial charge on any atom is -0.490 e. The second-order valence-corrected chi connectivity index (χ2v) is 4.89. The van der Waals surface area contributed by atoms with Gasteiger partial charge in [0.1, 0.15) is 0 Å². The number of hydrogen-bond acceptors (Lipinski definition) is 3. The first-order valence-electron chi connectivity index (χ1n) is 7.32. The summed E-state index contributed by atoms with van der Waals surface area (Å²) in [6, 6.07) is 5.05. The van der Waals surface area contributed by atoms with Crippen LogP contribution in [-0.2, 0) is 11.3 Å². The second kappa shape index (κ2) is 9.72. The molecule has 0 radical (unpaired) electrons. The average Bonchev–Trinajstić information content (AvgIpc) is 2.46. The van der Waals surface area contributed by atoms with Gasteiger partial charge in [-0.2, -0.15) is 0 Å². The number of hydrogen-bond donors (Lipinski definition) is 1. The van der Waals surface area contributed by atoms with Crippen molar-refractivity contribution in [2.75, 3.05) is 26.9 Å². The Morgan fingerprint density at radius 2 is 2.00 bits per heavy atom. The minimum absolute atomic E-state index is 0.290. The highest BCUT2D eigenvalue weighted by atomic mass is 19.1. The van der Waals surface area contributed by atoms with Crippen molar-refractivity contribution in [2.24, 2.45) is 5.92 Å². The van der Waals surface area contributed by atoms with Crippen molar-refractivity contribution in [3.05, 3.63) is 29.6 Å². The summed E-state index contributed by atoms with van der Waals surface area (Å²) in [5.74, 6) is 0.565. The maximum atomic E-state index is 13.9. The molecule has 0 atom stereocenters. The summed E-state index contributed by atoms with van der Waals surface area (Å²) < 4.78 is 24.6. The first-order chi connectivity index (χ1) is 9.72. The monoisotopic (exact) mass is 283 g/mol. The topological polar surface area (TPSA) is 30.5 Å². The fourth-order valence-electron chi connectivity index (χ4n) is 1.98. The quantitative estimate of drug-likeness (QED) is 0.668. The van der Waals surface area contributed by atoms with Gasteiger partial charge in [-0.05, 0) is 12.0 Å². The molecular formula is C16H26FNO2. The Morgan fingerprint density at radius 1 is 1.25 bits per heavy atom. The number of benzene rings is 1. The largest absolute Gasteiger partial charge is 0.490 e. The van der Waals surface area contributed by atoms with Gasteiger partial charge in [0.25, 0.3) is 0 Å². The predicted octanol–water partition coefficient (Wildman–Crippen LogP) is 3.38. The van der Waals surface area contributed by atoms with E-state index in [1.165, 1.54) is 6.07 Å². The molecule has 1 aromatic rings. The molecule has 1 aromatic carbocycles. The summed E-state index contributed by atoms with van der Waals surface area (Å²) in [7, 11) is 1.66. The summed E-state index contributed by atoms with van der Waals surface area (Å²) in [6.07, 6.45) is 2.10. The third kappa shape index (κ3) is 5.47. The van der Waals surface area contributed by atoms with E-state index in [1.54, 1.807) is 13.2 Å². The van der Waals surface area contributed by atoms with Gasteiger partial charge in [0.05, 0.1) is 13.2 Å². The number of para-hydroxylation sites is 1. The van der Waals surface area contributed by atoms with Gasteiger partial charge in [-0.1, -0.05) is 38.8 Å². The van der Waals surface area contributed by atoms with Crippen LogP contribution in [0.15, 0.2) is 18.2 Å². The van der Waals surface area contributed by atoms with Crippen LogP contribution in [0, 0.1) is 11.7 Å². The Balaban J connectivity index is 2.62. The normalized spacial score (nSPS) is 11.1. The van der Waals surface area contributed by atoms with E-state index in [2.05, 4.69) is 19.2 Å². The van der Waals surface area contributed by atoms with E-state index in [1.807, 2.05) is 6.07 Å². The van der Waals surface area contributed by atoms with Crippen LogP contribution in [-0.4, -0.2) is 26.9 Å². The molecule has 20 heavy (non-hydrogen) atoms. The van der Waals surface area contributed by atoms with Gasteiger partial charge in [-0.15, -0.1) is 0 Å². The zero-order chi connectivity index (χ0) is 14.8. The van der Waals surface area contributed by atoms with Crippen molar-refractivity contribution in [1.82, 2.24) is 5.32 Å². The maximum Gasteiger partial charge on any atom is 0.165 e. The van der Waals surface area contributed by atoms with Crippen LogP contribution in [0.2, 0.25) is 0 Å². The SMILES string of the molecule is CCC(CC)COc1c(F)cccc1CNCCOC. The van der Waals surface area contributed by atoms with E-state index in [-0.39, 0.29) is 5.82 Å². The van der Waals surface area contributed by atoms with Gasteiger partial charge < -0.3 is 14.8 Å². The molecule has 0 aliphatic heterocycles. The Labute approximate surface area is 121 Å². The van der Waals surface area contributed by atoms with E-state index in [4.69, 9.17) is 9.47 Å². The third-order valence-electron chi connectivity index (χ3n) is 3.47. The lowest BCUT2D eigenvalue weighted by Gasteiger charge is -2.17. The van der Waals surface area contributed by atoms with E-state index in [9.17, 15) is 4.39 Å². The molecule has 0 aromatic heterocycles. The summed E-state index contributed by atoms with van der Waals surface area (Å²) in [6.45, 7) is 6.79. The Kier molecular flexibility index (Phi) is 8.23. The van der Waals surface area contributed by atoms with Crippen molar-refractivity contribution < 1.29 is 13.9 Å². The molecule has 0 saturated carbocycles. The number of methoxy groups -OCH3 is 1. The van der Waals surface area contributed by atoms with Crippen LogP contribution in [0.1, 0.15) is 32.3 Å². The van der Waals surface area contributed by atoms with Crippen LogP contribution >= 0.6 is 0 Å². The number of ether oxygens (including phenoxy) is 2. The molecule has 114 valence electrons. The molecule has 0 spiro atoms. The smallest absolute Gasteiger partial charge is 0.165 e. The van der Waals surface area contributed by atoms with E-state index in [0.717, 1.165) is 24.9 Å². The van der Waals surface area contributed by atoms with Crippen LogP contribution in [0.5, 0.6) is 5.75 Å². The van der Waals surface area contributed by atoms with Gasteiger partial charge in [0.2, 0.25) is 0 Å². The number of nitrogens with one attached hydrogen (secondary N) is 1. The van der Waals surface area contributed by atoms with Crippen LogP contribution in [0.4, 0.5) is 4.39 Å². The van der Waals surface area contributed by atoms with Crippen molar-refractivity contribution >= 4 is 0 Å². The van der Waals surface area contributed by atoms with Crippen molar-refractivity contribution in [2.45, 2.75) is 33.2 Å². The highest BCUT2D eigenvalue weighted by Crippen LogP contribution is 2.24. The van der Waals surface area contributed by atoms with E-state index in [0.29, 0.717) is 31.4 Å². The average molecular weight is 283 g/mol.